The normalized spacial score (nSPS) is 10.0. The molecule has 0 saturated heterocycles. The minimum Gasteiger partial charge on any atom is -0.497 e. The molecule has 0 N–H and O–H groups in total. The second kappa shape index (κ2) is 6.99. The van der Waals surface area contributed by atoms with E-state index >= 15 is 0 Å². The highest BCUT2D eigenvalue weighted by atomic mass is 16.5. The monoisotopic (exact) mass is 294 g/mol. The van der Waals surface area contributed by atoms with Crippen LogP contribution in [0, 0.1) is 0 Å². The molecular weight excluding hydrogens is 272 g/mol. The van der Waals surface area contributed by atoms with Crippen LogP contribution in [0.2, 0.25) is 0 Å². The maximum absolute atomic E-state index is 5.23. The molecule has 0 aliphatic rings. The van der Waals surface area contributed by atoms with Crippen LogP contribution < -0.4 is 9.47 Å². The summed E-state index contributed by atoms with van der Waals surface area (Å²) in [7, 11) is 3.34. The van der Waals surface area contributed by atoms with Crippen molar-refractivity contribution in [3.05, 3.63) is 71.8 Å². The Balaban J connectivity index is 2.38. The van der Waals surface area contributed by atoms with Gasteiger partial charge in [0.1, 0.15) is 11.5 Å². The van der Waals surface area contributed by atoms with Gasteiger partial charge in [-0.15, -0.1) is 0 Å². The first-order chi connectivity index (χ1) is 10.6. The van der Waals surface area contributed by atoms with Crippen molar-refractivity contribution in [3.63, 3.8) is 0 Å². The lowest BCUT2D eigenvalue weighted by atomic mass is 9.90. The van der Waals surface area contributed by atoms with Crippen LogP contribution in [0.25, 0.3) is 11.1 Å². The summed E-state index contributed by atoms with van der Waals surface area (Å²) in [6.45, 7) is 8.50. The van der Waals surface area contributed by atoms with Gasteiger partial charge in [0, 0.05) is 0 Å². The summed E-state index contributed by atoms with van der Waals surface area (Å²) < 4.78 is 10.4. The van der Waals surface area contributed by atoms with E-state index in [4.69, 9.17) is 9.47 Å². The smallest absolute Gasteiger partial charge is 0.118 e. The molecule has 0 aliphatic carbocycles. The molecule has 2 aromatic rings. The van der Waals surface area contributed by atoms with Gasteiger partial charge in [0.15, 0.2) is 0 Å². The molecule has 22 heavy (non-hydrogen) atoms. The Bertz CT molecular complexity index is 673. The fourth-order valence-corrected chi connectivity index (χ4v) is 2.46. The Morgan fingerprint density at radius 1 is 0.727 bits per heavy atom. The topological polar surface area (TPSA) is 18.5 Å². The maximum atomic E-state index is 5.23. The molecule has 0 radical (unpaired) electrons. The van der Waals surface area contributed by atoms with E-state index in [1.165, 1.54) is 5.57 Å². The number of benzene rings is 2. The zero-order valence-electron chi connectivity index (χ0n) is 13.6. The minimum absolute atomic E-state index is 0.847. The van der Waals surface area contributed by atoms with Crippen LogP contribution in [0.4, 0.5) is 0 Å². The zero-order chi connectivity index (χ0) is 16.1. The van der Waals surface area contributed by atoms with Gasteiger partial charge in [-0.05, 0) is 60.4 Å². The SMILES string of the molecule is C=C(C(=C(C)C)c1ccc(OC)cc1)c1ccc(OC)cc1. The third-order valence-corrected chi connectivity index (χ3v) is 3.62. The van der Waals surface area contributed by atoms with Crippen molar-refractivity contribution in [1.82, 2.24) is 0 Å². The summed E-state index contributed by atoms with van der Waals surface area (Å²) in [5.41, 5.74) is 5.63. The molecule has 0 amide bonds. The van der Waals surface area contributed by atoms with Crippen molar-refractivity contribution < 1.29 is 9.47 Å². The van der Waals surface area contributed by atoms with Gasteiger partial charge in [-0.3, -0.25) is 0 Å². The molecule has 114 valence electrons. The highest BCUT2D eigenvalue weighted by Crippen LogP contribution is 2.33. The van der Waals surface area contributed by atoms with Crippen LogP contribution in [0.1, 0.15) is 25.0 Å². The van der Waals surface area contributed by atoms with Crippen molar-refractivity contribution in [2.75, 3.05) is 14.2 Å². The Labute approximate surface area is 132 Å². The van der Waals surface area contributed by atoms with Gasteiger partial charge in [0.2, 0.25) is 0 Å². The Hall–Kier alpha value is -2.48. The lowest BCUT2D eigenvalue weighted by Crippen LogP contribution is -1.93. The van der Waals surface area contributed by atoms with E-state index in [-0.39, 0.29) is 0 Å². The Morgan fingerprint density at radius 3 is 1.50 bits per heavy atom. The standard InChI is InChI=1S/C20H22O2/c1-14(2)20(17-8-12-19(22-5)13-9-17)15(3)16-6-10-18(21-4)11-7-16/h6-13H,3H2,1-2,4-5H3. The predicted molar refractivity (Wildman–Crippen MR) is 93.3 cm³/mol. The largest absolute Gasteiger partial charge is 0.497 e. The van der Waals surface area contributed by atoms with E-state index in [2.05, 4.69) is 32.6 Å². The maximum Gasteiger partial charge on any atom is 0.118 e. The third kappa shape index (κ3) is 3.40. The number of rotatable bonds is 5. The van der Waals surface area contributed by atoms with Crippen molar-refractivity contribution >= 4 is 11.1 Å². The van der Waals surface area contributed by atoms with Crippen LogP contribution in [-0.2, 0) is 0 Å². The van der Waals surface area contributed by atoms with E-state index in [1.807, 2.05) is 36.4 Å². The summed E-state index contributed by atoms with van der Waals surface area (Å²) in [5, 5.41) is 0. The van der Waals surface area contributed by atoms with Gasteiger partial charge in [-0.1, -0.05) is 36.4 Å². The summed E-state index contributed by atoms with van der Waals surface area (Å²) in [5.74, 6) is 1.70. The average Bonchev–Trinajstić information content (AvgIpc) is 2.55. The molecule has 2 nitrogen and oxygen atoms in total. The van der Waals surface area contributed by atoms with Crippen LogP contribution >= 0.6 is 0 Å². The van der Waals surface area contributed by atoms with Gasteiger partial charge in [-0.25, -0.2) is 0 Å². The molecular formula is C20H22O2. The van der Waals surface area contributed by atoms with E-state index in [0.29, 0.717) is 0 Å². The van der Waals surface area contributed by atoms with Gasteiger partial charge < -0.3 is 9.47 Å². The molecule has 0 atom stereocenters. The number of ether oxygens (including phenoxy) is 2. The van der Waals surface area contributed by atoms with Crippen LogP contribution in [0.3, 0.4) is 0 Å². The lowest BCUT2D eigenvalue weighted by Gasteiger charge is -2.15. The Morgan fingerprint density at radius 2 is 1.14 bits per heavy atom. The molecule has 0 saturated carbocycles. The number of hydrogen-bond acceptors (Lipinski definition) is 2. The molecule has 0 heterocycles. The fourth-order valence-electron chi connectivity index (χ4n) is 2.46. The molecule has 0 aromatic heterocycles. The van der Waals surface area contributed by atoms with Gasteiger partial charge in [0.05, 0.1) is 14.2 Å². The third-order valence-electron chi connectivity index (χ3n) is 3.62. The van der Waals surface area contributed by atoms with Gasteiger partial charge in [0.25, 0.3) is 0 Å². The first-order valence-electron chi connectivity index (χ1n) is 7.22. The van der Waals surface area contributed by atoms with E-state index < -0.39 is 0 Å². The van der Waals surface area contributed by atoms with Gasteiger partial charge in [-0.2, -0.15) is 0 Å². The summed E-state index contributed by atoms with van der Waals surface area (Å²) in [4.78, 5) is 0. The molecule has 2 aromatic carbocycles. The van der Waals surface area contributed by atoms with Crippen LogP contribution in [0.15, 0.2) is 60.7 Å². The molecule has 0 bridgehead atoms. The molecule has 2 heteroatoms. The van der Waals surface area contributed by atoms with E-state index in [1.54, 1.807) is 14.2 Å². The van der Waals surface area contributed by atoms with Crippen LogP contribution in [0.5, 0.6) is 11.5 Å². The Kier molecular flexibility index (Phi) is 5.05. The average molecular weight is 294 g/mol. The van der Waals surface area contributed by atoms with E-state index in [0.717, 1.165) is 33.8 Å². The van der Waals surface area contributed by atoms with Gasteiger partial charge >= 0.3 is 0 Å². The summed E-state index contributed by atoms with van der Waals surface area (Å²) >= 11 is 0. The van der Waals surface area contributed by atoms with E-state index in [9.17, 15) is 0 Å². The number of methoxy groups -OCH3 is 2. The highest BCUT2D eigenvalue weighted by molar-refractivity contribution is 6.05. The van der Waals surface area contributed by atoms with Crippen molar-refractivity contribution in [2.45, 2.75) is 13.8 Å². The summed E-state index contributed by atoms with van der Waals surface area (Å²) in [6, 6.07) is 16.1. The van der Waals surface area contributed by atoms with Crippen LogP contribution in [-0.4, -0.2) is 14.2 Å². The fraction of sp³-hybridized carbons (Fsp3) is 0.200. The number of hydrogen-bond donors (Lipinski definition) is 0. The molecule has 0 aliphatic heterocycles. The molecule has 2 rings (SSSR count). The molecule has 0 spiro atoms. The second-order valence-corrected chi connectivity index (χ2v) is 5.31. The number of allylic oxidation sites excluding steroid dienone is 3. The van der Waals surface area contributed by atoms with Crippen molar-refractivity contribution in [2.24, 2.45) is 0 Å². The summed E-state index contributed by atoms with van der Waals surface area (Å²) in [6.07, 6.45) is 0. The first-order valence-corrected chi connectivity index (χ1v) is 7.22. The quantitative estimate of drug-likeness (QED) is 0.705. The van der Waals surface area contributed by atoms with Crippen molar-refractivity contribution in [1.29, 1.82) is 0 Å². The first kappa shape index (κ1) is 15.9. The minimum atomic E-state index is 0.847. The predicted octanol–water partition coefficient (Wildman–Crippen LogP) is 5.21. The molecule has 0 fully saturated rings. The lowest BCUT2D eigenvalue weighted by molar-refractivity contribution is 0.414. The highest BCUT2D eigenvalue weighted by Gasteiger charge is 2.10. The zero-order valence-corrected chi connectivity index (χ0v) is 13.6. The second-order valence-electron chi connectivity index (χ2n) is 5.31. The molecule has 0 unspecified atom stereocenters. The van der Waals surface area contributed by atoms with Crippen molar-refractivity contribution in [3.8, 4) is 11.5 Å².